The topological polar surface area (TPSA) is 86.5 Å². The Morgan fingerprint density at radius 3 is 2.63 bits per heavy atom. The summed E-state index contributed by atoms with van der Waals surface area (Å²) in [6.07, 6.45) is 3.46. The number of hydrogen-bond acceptors (Lipinski definition) is 7. The van der Waals surface area contributed by atoms with Gasteiger partial charge in [-0.1, -0.05) is 23.4 Å². The van der Waals surface area contributed by atoms with Gasteiger partial charge in [-0.2, -0.15) is 0 Å². The Balaban J connectivity index is 1.42. The van der Waals surface area contributed by atoms with Crippen LogP contribution in [0.1, 0.15) is 45.9 Å². The van der Waals surface area contributed by atoms with E-state index in [4.69, 9.17) is 14.0 Å². The SMILES string of the molecule is COc1cc(C(C)NC(=O)c2ccccc2SCc2cc(C)no2)ccc1OCc1ccncc1. The number of hydrogen-bond donors (Lipinski definition) is 1. The normalized spacial score (nSPS) is 11.6. The highest BCUT2D eigenvalue weighted by Gasteiger charge is 2.17. The van der Waals surface area contributed by atoms with Gasteiger partial charge in [0.2, 0.25) is 0 Å². The first-order valence-corrected chi connectivity index (χ1v) is 12.2. The van der Waals surface area contributed by atoms with E-state index >= 15 is 0 Å². The monoisotopic (exact) mass is 489 g/mol. The van der Waals surface area contributed by atoms with Crippen LogP contribution in [-0.2, 0) is 12.4 Å². The van der Waals surface area contributed by atoms with E-state index in [9.17, 15) is 4.79 Å². The van der Waals surface area contributed by atoms with Gasteiger partial charge in [-0.3, -0.25) is 9.78 Å². The van der Waals surface area contributed by atoms with Crippen LogP contribution in [0, 0.1) is 6.92 Å². The van der Waals surface area contributed by atoms with Crippen molar-refractivity contribution in [2.24, 2.45) is 0 Å². The molecule has 4 rings (SSSR count). The fourth-order valence-corrected chi connectivity index (χ4v) is 4.41. The van der Waals surface area contributed by atoms with Crippen LogP contribution in [0.4, 0.5) is 0 Å². The van der Waals surface area contributed by atoms with E-state index in [1.54, 1.807) is 31.3 Å². The molecule has 180 valence electrons. The fourth-order valence-electron chi connectivity index (χ4n) is 3.48. The molecule has 1 atom stereocenters. The van der Waals surface area contributed by atoms with Crippen LogP contribution in [0.5, 0.6) is 11.5 Å². The van der Waals surface area contributed by atoms with E-state index in [-0.39, 0.29) is 11.9 Å². The Bertz CT molecular complexity index is 1280. The lowest BCUT2D eigenvalue weighted by Crippen LogP contribution is -2.27. The lowest BCUT2D eigenvalue weighted by molar-refractivity contribution is 0.0937. The number of methoxy groups -OCH3 is 1. The van der Waals surface area contributed by atoms with Crippen molar-refractivity contribution in [2.75, 3.05) is 7.11 Å². The standard InChI is InChI=1S/C27H27N3O4S/c1-18-14-22(34-30-18)17-35-26-7-5-4-6-23(26)27(31)29-19(2)21-8-9-24(25(15-21)32-3)33-16-20-10-12-28-13-11-20/h4-15,19H,16-17H2,1-3H3,(H,29,31). The molecule has 2 aromatic heterocycles. The minimum Gasteiger partial charge on any atom is -0.493 e. The van der Waals surface area contributed by atoms with Crippen molar-refractivity contribution in [3.63, 3.8) is 0 Å². The van der Waals surface area contributed by atoms with Gasteiger partial charge in [0.15, 0.2) is 11.5 Å². The summed E-state index contributed by atoms with van der Waals surface area (Å²) in [5.74, 6) is 2.46. The number of thioether (sulfide) groups is 1. The van der Waals surface area contributed by atoms with Crippen LogP contribution >= 0.6 is 11.8 Å². The summed E-state index contributed by atoms with van der Waals surface area (Å²) in [5.41, 5.74) is 3.38. The lowest BCUT2D eigenvalue weighted by atomic mass is 10.1. The number of amides is 1. The molecule has 7 nitrogen and oxygen atoms in total. The number of aromatic nitrogens is 2. The molecule has 0 radical (unpaired) electrons. The summed E-state index contributed by atoms with van der Waals surface area (Å²) in [5, 5.41) is 7.01. The summed E-state index contributed by atoms with van der Waals surface area (Å²) in [6, 6.07) is 18.7. The largest absolute Gasteiger partial charge is 0.493 e. The number of nitrogens with zero attached hydrogens (tertiary/aromatic N) is 2. The van der Waals surface area contributed by atoms with Gasteiger partial charge in [-0.25, -0.2) is 0 Å². The first-order chi connectivity index (χ1) is 17.0. The second-order valence-electron chi connectivity index (χ2n) is 7.97. The lowest BCUT2D eigenvalue weighted by Gasteiger charge is -2.18. The highest BCUT2D eigenvalue weighted by molar-refractivity contribution is 7.98. The van der Waals surface area contributed by atoms with Gasteiger partial charge < -0.3 is 19.3 Å². The minimum atomic E-state index is -0.236. The van der Waals surface area contributed by atoms with Crippen LogP contribution in [0.3, 0.4) is 0 Å². The maximum atomic E-state index is 13.1. The van der Waals surface area contributed by atoms with Crippen LogP contribution in [0.2, 0.25) is 0 Å². The fraction of sp³-hybridized carbons (Fsp3) is 0.222. The summed E-state index contributed by atoms with van der Waals surface area (Å²) < 4.78 is 16.8. The molecule has 8 heteroatoms. The van der Waals surface area contributed by atoms with Crippen LogP contribution in [0.15, 0.2) is 82.5 Å². The van der Waals surface area contributed by atoms with Crippen LogP contribution in [0.25, 0.3) is 0 Å². The number of carbonyl (C=O) groups excluding carboxylic acids is 1. The summed E-state index contributed by atoms with van der Waals surface area (Å²) >= 11 is 1.54. The number of rotatable bonds is 10. The molecule has 0 fully saturated rings. The Labute approximate surface area is 208 Å². The molecule has 0 saturated heterocycles. The average Bonchev–Trinajstić information content (AvgIpc) is 3.31. The van der Waals surface area contributed by atoms with Gasteiger partial charge >= 0.3 is 0 Å². The van der Waals surface area contributed by atoms with E-state index in [1.807, 2.05) is 74.5 Å². The van der Waals surface area contributed by atoms with Gasteiger partial charge in [0, 0.05) is 23.4 Å². The van der Waals surface area contributed by atoms with Crippen molar-refractivity contribution < 1.29 is 18.8 Å². The highest BCUT2D eigenvalue weighted by Crippen LogP contribution is 2.32. The molecule has 2 heterocycles. The third kappa shape index (κ3) is 6.42. The molecule has 1 N–H and O–H groups in total. The molecular formula is C27H27N3O4S. The summed E-state index contributed by atoms with van der Waals surface area (Å²) in [7, 11) is 1.60. The van der Waals surface area contributed by atoms with Gasteiger partial charge in [0.25, 0.3) is 5.91 Å². The van der Waals surface area contributed by atoms with Gasteiger partial charge in [-0.15, -0.1) is 11.8 Å². The molecule has 0 bridgehead atoms. The van der Waals surface area contributed by atoms with E-state index in [0.29, 0.717) is 29.4 Å². The van der Waals surface area contributed by atoms with E-state index in [0.717, 1.165) is 27.5 Å². The number of benzene rings is 2. The second kappa shape index (κ2) is 11.6. The third-order valence-corrected chi connectivity index (χ3v) is 6.45. The molecule has 0 spiro atoms. The molecule has 35 heavy (non-hydrogen) atoms. The Kier molecular flexibility index (Phi) is 8.05. The number of ether oxygens (including phenoxy) is 2. The first kappa shape index (κ1) is 24.3. The molecule has 4 aromatic rings. The van der Waals surface area contributed by atoms with Gasteiger partial charge in [0.05, 0.1) is 30.2 Å². The zero-order chi connectivity index (χ0) is 24.6. The maximum Gasteiger partial charge on any atom is 0.252 e. The van der Waals surface area contributed by atoms with E-state index in [2.05, 4.69) is 15.5 Å². The Morgan fingerprint density at radius 2 is 1.89 bits per heavy atom. The van der Waals surface area contributed by atoms with Crippen molar-refractivity contribution in [1.82, 2.24) is 15.5 Å². The molecule has 1 amide bonds. The van der Waals surface area contributed by atoms with Gasteiger partial charge in [0.1, 0.15) is 12.4 Å². The molecule has 0 aliphatic rings. The van der Waals surface area contributed by atoms with Crippen LogP contribution in [-0.4, -0.2) is 23.2 Å². The third-order valence-electron chi connectivity index (χ3n) is 5.36. The van der Waals surface area contributed by atoms with Crippen molar-refractivity contribution in [3.8, 4) is 11.5 Å². The van der Waals surface area contributed by atoms with Crippen LogP contribution < -0.4 is 14.8 Å². The number of nitrogens with one attached hydrogen (secondary N) is 1. The molecule has 0 saturated carbocycles. The van der Waals surface area contributed by atoms with E-state index < -0.39 is 0 Å². The quantitative estimate of drug-likeness (QED) is 0.284. The molecule has 0 aliphatic carbocycles. The zero-order valence-electron chi connectivity index (χ0n) is 19.9. The van der Waals surface area contributed by atoms with Crippen molar-refractivity contribution in [3.05, 3.63) is 101 Å². The smallest absolute Gasteiger partial charge is 0.252 e. The molecule has 2 aromatic carbocycles. The van der Waals surface area contributed by atoms with Crippen molar-refractivity contribution in [2.45, 2.75) is 37.1 Å². The maximum absolute atomic E-state index is 13.1. The highest BCUT2D eigenvalue weighted by atomic mass is 32.2. The molecule has 0 aliphatic heterocycles. The predicted molar refractivity (Wildman–Crippen MR) is 135 cm³/mol. The number of carbonyl (C=O) groups is 1. The number of pyridine rings is 1. The average molecular weight is 490 g/mol. The molecule has 1 unspecified atom stereocenters. The van der Waals surface area contributed by atoms with E-state index in [1.165, 1.54) is 0 Å². The Hall–Kier alpha value is -3.78. The summed E-state index contributed by atoms with van der Waals surface area (Å²) in [6.45, 7) is 4.24. The van der Waals surface area contributed by atoms with Gasteiger partial charge in [-0.05, 0) is 61.4 Å². The van der Waals surface area contributed by atoms with Crippen molar-refractivity contribution in [1.29, 1.82) is 0 Å². The Morgan fingerprint density at radius 1 is 1.09 bits per heavy atom. The predicted octanol–water partition coefficient (Wildman–Crippen LogP) is 5.75. The molecular weight excluding hydrogens is 462 g/mol. The first-order valence-electron chi connectivity index (χ1n) is 11.2. The summed E-state index contributed by atoms with van der Waals surface area (Å²) in [4.78, 5) is 18.0. The van der Waals surface area contributed by atoms with Crippen molar-refractivity contribution >= 4 is 17.7 Å². The number of aryl methyl sites for hydroxylation is 1. The minimum absolute atomic E-state index is 0.147. The second-order valence-corrected chi connectivity index (χ2v) is 8.99. The zero-order valence-corrected chi connectivity index (χ0v) is 20.7.